The van der Waals surface area contributed by atoms with Crippen molar-refractivity contribution in [1.29, 1.82) is 0 Å². The Morgan fingerprint density at radius 3 is 1.72 bits per heavy atom. The standard InChI is InChI=1S/C26H29N5O5/c1-17(32)29-21(12-18-8-4-2-5-9-18)24(33)30-22(13-19-10-6-3-7-11-19)25(34)31-23(26(35)36)14-20-15-27-16-28-20/h2-11,15-16,21-23H,12-14H2,1H3,(H,27,28)(H,29,32)(H,30,33)(H,31,34)(H,35,36)/t21-,22+,23-/m0/s1. The summed E-state index contributed by atoms with van der Waals surface area (Å²) in [5.74, 6) is -2.81. The van der Waals surface area contributed by atoms with Gasteiger partial charge >= 0.3 is 5.97 Å². The van der Waals surface area contributed by atoms with Gasteiger partial charge in [-0.05, 0) is 11.1 Å². The number of rotatable bonds is 12. The minimum absolute atomic E-state index is 0.00436. The van der Waals surface area contributed by atoms with E-state index in [9.17, 15) is 24.3 Å². The maximum atomic E-state index is 13.2. The molecule has 0 unspecified atom stereocenters. The van der Waals surface area contributed by atoms with Crippen molar-refractivity contribution in [2.24, 2.45) is 0 Å². The number of aromatic nitrogens is 2. The molecule has 0 saturated heterocycles. The largest absolute Gasteiger partial charge is 0.480 e. The highest BCUT2D eigenvalue weighted by Gasteiger charge is 2.30. The van der Waals surface area contributed by atoms with Crippen LogP contribution >= 0.6 is 0 Å². The molecule has 0 aliphatic heterocycles. The fourth-order valence-electron chi connectivity index (χ4n) is 3.72. The summed E-state index contributed by atoms with van der Waals surface area (Å²) in [6.45, 7) is 1.31. The Kier molecular flexibility index (Phi) is 9.33. The average molecular weight is 492 g/mol. The number of amides is 3. The van der Waals surface area contributed by atoms with Crippen LogP contribution in [0.3, 0.4) is 0 Å². The number of nitrogens with one attached hydrogen (secondary N) is 4. The van der Waals surface area contributed by atoms with Crippen molar-refractivity contribution in [3.05, 3.63) is 90.0 Å². The fourth-order valence-corrected chi connectivity index (χ4v) is 3.72. The molecular formula is C26H29N5O5. The van der Waals surface area contributed by atoms with Crippen molar-refractivity contribution in [2.75, 3.05) is 0 Å². The van der Waals surface area contributed by atoms with E-state index in [4.69, 9.17) is 0 Å². The van der Waals surface area contributed by atoms with Crippen molar-refractivity contribution in [2.45, 2.75) is 44.3 Å². The molecule has 1 aromatic heterocycles. The Morgan fingerprint density at radius 2 is 1.28 bits per heavy atom. The number of carbonyl (C=O) groups excluding carboxylic acids is 3. The number of carbonyl (C=O) groups is 4. The number of carboxylic acids is 1. The molecule has 0 aliphatic rings. The number of hydrogen-bond acceptors (Lipinski definition) is 5. The number of aromatic amines is 1. The van der Waals surface area contributed by atoms with Crippen LogP contribution < -0.4 is 16.0 Å². The van der Waals surface area contributed by atoms with Gasteiger partial charge in [0.1, 0.15) is 18.1 Å². The quantitative estimate of drug-likeness (QED) is 0.255. The van der Waals surface area contributed by atoms with E-state index in [1.165, 1.54) is 19.4 Å². The third-order valence-corrected chi connectivity index (χ3v) is 5.49. The summed E-state index contributed by atoms with van der Waals surface area (Å²) in [5.41, 5.74) is 2.15. The van der Waals surface area contributed by atoms with Crippen LogP contribution in [-0.2, 0) is 38.4 Å². The summed E-state index contributed by atoms with van der Waals surface area (Å²) in [6.07, 6.45) is 3.25. The van der Waals surface area contributed by atoms with E-state index < -0.39 is 35.9 Å². The fraction of sp³-hybridized carbons (Fsp3) is 0.269. The van der Waals surface area contributed by atoms with Gasteiger partial charge in [0.05, 0.1) is 6.33 Å². The lowest BCUT2D eigenvalue weighted by molar-refractivity contribution is -0.142. The van der Waals surface area contributed by atoms with Gasteiger partial charge < -0.3 is 26.0 Å². The normalized spacial score (nSPS) is 13.1. The molecule has 0 spiro atoms. The second kappa shape index (κ2) is 12.8. The number of carboxylic acid groups (broad SMARTS) is 1. The molecule has 3 aromatic rings. The molecule has 0 aliphatic carbocycles. The topological polar surface area (TPSA) is 153 Å². The van der Waals surface area contributed by atoms with Crippen LogP contribution in [0, 0.1) is 0 Å². The zero-order valence-corrected chi connectivity index (χ0v) is 19.8. The number of hydrogen-bond donors (Lipinski definition) is 5. The highest BCUT2D eigenvalue weighted by molar-refractivity contribution is 5.93. The third kappa shape index (κ3) is 8.08. The van der Waals surface area contributed by atoms with Crippen molar-refractivity contribution >= 4 is 23.7 Å². The first-order valence-electron chi connectivity index (χ1n) is 11.5. The summed E-state index contributed by atoms with van der Waals surface area (Å²) in [6, 6.07) is 15.0. The number of H-pyrrole nitrogens is 1. The summed E-state index contributed by atoms with van der Waals surface area (Å²) in [7, 11) is 0. The molecule has 0 fully saturated rings. The van der Waals surface area contributed by atoms with E-state index in [0.717, 1.165) is 11.1 Å². The van der Waals surface area contributed by atoms with Crippen molar-refractivity contribution in [3.63, 3.8) is 0 Å². The summed E-state index contributed by atoms with van der Waals surface area (Å²) >= 11 is 0. The lowest BCUT2D eigenvalue weighted by Crippen LogP contribution is -2.57. The number of aliphatic carboxylic acids is 1. The Bertz CT molecular complexity index is 1150. The first-order chi connectivity index (χ1) is 17.3. The number of imidazole rings is 1. The minimum Gasteiger partial charge on any atom is -0.480 e. The van der Waals surface area contributed by atoms with E-state index in [1.54, 1.807) is 24.3 Å². The molecule has 3 rings (SSSR count). The molecule has 188 valence electrons. The Labute approximate surface area is 208 Å². The van der Waals surface area contributed by atoms with Crippen LogP contribution in [0.4, 0.5) is 0 Å². The molecule has 3 amide bonds. The van der Waals surface area contributed by atoms with E-state index in [-0.39, 0.29) is 25.2 Å². The van der Waals surface area contributed by atoms with Crippen LogP contribution in [-0.4, -0.2) is 56.9 Å². The van der Waals surface area contributed by atoms with Crippen LogP contribution in [0.2, 0.25) is 0 Å². The zero-order chi connectivity index (χ0) is 25.9. The van der Waals surface area contributed by atoms with Crippen LogP contribution in [0.1, 0.15) is 23.7 Å². The van der Waals surface area contributed by atoms with Gasteiger partial charge in [0.25, 0.3) is 0 Å². The van der Waals surface area contributed by atoms with Gasteiger partial charge in [-0.15, -0.1) is 0 Å². The molecule has 10 heteroatoms. The van der Waals surface area contributed by atoms with Gasteiger partial charge in [0.15, 0.2) is 0 Å². The lowest BCUT2D eigenvalue weighted by atomic mass is 10.0. The van der Waals surface area contributed by atoms with Crippen LogP contribution in [0.25, 0.3) is 0 Å². The van der Waals surface area contributed by atoms with E-state index in [2.05, 4.69) is 25.9 Å². The minimum atomic E-state index is -1.23. The van der Waals surface area contributed by atoms with E-state index in [0.29, 0.717) is 5.69 Å². The van der Waals surface area contributed by atoms with Gasteiger partial charge in [0, 0.05) is 38.1 Å². The van der Waals surface area contributed by atoms with Crippen molar-refractivity contribution in [3.8, 4) is 0 Å². The van der Waals surface area contributed by atoms with Gasteiger partial charge in [-0.25, -0.2) is 9.78 Å². The molecule has 0 bridgehead atoms. The predicted molar refractivity (Wildman–Crippen MR) is 132 cm³/mol. The molecule has 36 heavy (non-hydrogen) atoms. The highest BCUT2D eigenvalue weighted by Crippen LogP contribution is 2.08. The second-order valence-corrected chi connectivity index (χ2v) is 8.37. The first-order valence-corrected chi connectivity index (χ1v) is 11.5. The zero-order valence-electron chi connectivity index (χ0n) is 19.8. The monoisotopic (exact) mass is 491 g/mol. The van der Waals surface area contributed by atoms with Crippen molar-refractivity contribution in [1.82, 2.24) is 25.9 Å². The van der Waals surface area contributed by atoms with Gasteiger partial charge in [-0.2, -0.15) is 0 Å². The van der Waals surface area contributed by atoms with Gasteiger partial charge in [-0.3, -0.25) is 14.4 Å². The molecule has 0 radical (unpaired) electrons. The Morgan fingerprint density at radius 1 is 0.778 bits per heavy atom. The molecular weight excluding hydrogens is 462 g/mol. The van der Waals surface area contributed by atoms with Gasteiger partial charge in [0.2, 0.25) is 17.7 Å². The predicted octanol–water partition coefficient (Wildman–Crippen LogP) is 0.997. The SMILES string of the molecule is CC(=O)N[C@@H](Cc1ccccc1)C(=O)N[C@H](Cc1ccccc1)C(=O)N[C@@H](Cc1cnc[nH]1)C(=O)O. The van der Waals surface area contributed by atoms with Crippen molar-refractivity contribution < 1.29 is 24.3 Å². The molecule has 2 aromatic carbocycles. The maximum absolute atomic E-state index is 13.2. The van der Waals surface area contributed by atoms with E-state index in [1.807, 2.05) is 36.4 Å². The average Bonchev–Trinajstić information content (AvgIpc) is 3.37. The van der Waals surface area contributed by atoms with E-state index >= 15 is 0 Å². The molecule has 10 nitrogen and oxygen atoms in total. The van der Waals surface area contributed by atoms with Crippen LogP contribution in [0.15, 0.2) is 73.2 Å². The molecule has 3 atom stereocenters. The van der Waals surface area contributed by atoms with Crippen LogP contribution in [0.5, 0.6) is 0 Å². The molecule has 0 saturated carbocycles. The second-order valence-electron chi connectivity index (χ2n) is 8.37. The molecule has 1 heterocycles. The first kappa shape index (κ1) is 26.1. The lowest BCUT2D eigenvalue weighted by Gasteiger charge is -2.24. The third-order valence-electron chi connectivity index (χ3n) is 5.49. The highest BCUT2D eigenvalue weighted by atomic mass is 16.4. The summed E-state index contributed by atoms with van der Waals surface area (Å²) < 4.78 is 0. The Hall–Kier alpha value is -4.47. The maximum Gasteiger partial charge on any atom is 0.326 e. The summed E-state index contributed by atoms with van der Waals surface area (Å²) in [5, 5.41) is 17.5. The van der Waals surface area contributed by atoms with Gasteiger partial charge in [-0.1, -0.05) is 60.7 Å². The smallest absolute Gasteiger partial charge is 0.326 e. The number of nitrogens with zero attached hydrogens (tertiary/aromatic N) is 1. The number of benzene rings is 2. The molecule has 5 N–H and O–H groups in total. The summed E-state index contributed by atoms with van der Waals surface area (Å²) in [4.78, 5) is 56.7. The Balaban J connectivity index is 1.79.